The van der Waals surface area contributed by atoms with E-state index in [0.29, 0.717) is 5.75 Å². The molecule has 0 saturated carbocycles. The van der Waals surface area contributed by atoms with Crippen LogP contribution in [0, 0.1) is 0 Å². The largest absolute Gasteiger partial charge is 0.508 e. The number of hydrogen-bond acceptors (Lipinski definition) is 3. The molecule has 18 heavy (non-hydrogen) atoms. The van der Waals surface area contributed by atoms with Crippen molar-refractivity contribution >= 4 is 5.65 Å². The molecule has 0 radical (unpaired) electrons. The first-order valence-electron chi connectivity index (χ1n) is 5.89. The summed E-state index contributed by atoms with van der Waals surface area (Å²) in [5.74, 6) is 0.297. The predicted octanol–water partition coefficient (Wildman–Crippen LogP) is 2.66. The number of nitrogens with zero attached hydrogens (tertiary/aromatic N) is 3. The maximum atomic E-state index is 9.55. The zero-order valence-electron chi connectivity index (χ0n) is 10.0. The van der Waals surface area contributed by atoms with Crippen LogP contribution in [-0.2, 0) is 6.42 Å². The summed E-state index contributed by atoms with van der Waals surface area (Å²) in [6, 6.07) is 5.43. The monoisotopic (exact) mass is 239 g/mol. The van der Waals surface area contributed by atoms with Gasteiger partial charge in [-0.25, -0.2) is 4.98 Å². The Morgan fingerprint density at radius 2 is 2.17 bits per heavy atom. The Morgan fingerprint density at radius 3 is 3.00 bits per heavy atom. The van der Waals surface area contributed by atoms with Gasteiger partial charge in [-0.05, 0) is 30.2 Å². The lowest BCUT2D eigenvalue weighted by Gasteiger charge is -2.08. The Bertz CT molecular complexity index is 703. The number of phenols is 1. The molecule has 0 spiro atoms. The van der Waals surface area contributed by atoms with Crippen molar-refractivity contribution in [2.45, 2.75) is 13.3 Å². The molecule has 2 heterocycles. The van der Waals surface area contributed by atoms with Crippen molar-refractivity contribution in [2.24, 2.45) is 0 Å². The first-order chi connectivity index (χ1) is 8.79. The molecule has 2 aromatic heterocycles. The highest BCUT2D eigenvalue weighted by Crippen LogP contribution is 2.27. The first kappa shape index (κ1) is 10.8. The highest BCUT2D eigenvalue weighted by atomic mass is 16.3. The molecule has 4 nitrogen and oxygen atoms in total. The molecule has 0 saturated heterocycles. The highest BCUT2D eigenvalue weighted by molar-refractivity contribution is 5.67. The van der Waals surface area contributed by atoms with Gasteiger partial charge in [0.15, 0.2) is 5.65 Å². The van der Waals surface area contributed by atoms with Gasteiger partial charge >= 0.3 is 0 Å². The molecule has 0 aliphatic carbocycles. The van der Waals surface area contributed by atoms with E-state index < -0.39 is 0 Å². The summed E-state index contributed by atoms with van der Waals surface area (Å²) in [6.07, 6.45) is 8.06. The molecule has 0 aliphatic heterocycles. The Labute approximate surface area is 105 Å². The predicted molar refractivity (Wildman–Crippen MR) is 69.5 cm³/mol. The third kappa shape index (κ3) is 1.62. The van der Waals surface area contributed by atoms with E-state index in [0.717, 1.165) is 28.9 Å². The zero-order valence-corrected chi connectivity index (χ0v) is 10.0. The van der Waals surface area contributed by atoms with Crippen LogP contribution in [0.5, 0.6) is 5.75 Å². The average Bonchev–Trinajstić information content (AvgIpc) is 2.82. The van der Waals surface area contributed by atoms with Gasteiger partial charge in [-0.1, -0.05) is 6.92 Å². The lowest BCUT2D eigenvalue weighted by molar-refractivity contribution is 0.474. The average molecular weight is 239 g/mol. The van der Waals surface area contributed by atoms with Crippen molar-refractivity contribution in [1.29, 1.82) is 0 Å². The quantitative estimate of drug-likeness (QED) is 0.748. The maximum absolute atomic E-state index is 9.55. The van der Waals surface area contributed by atoms with Gasteiger partial charge in [0.05, 0.1) is 18.1 Å². The number of benzene rings is 1. The topological polar surface area (TPSA) is 50.4 Å². The molecular formula is C14H13N3O. The minimum absolute atomic E-state index is 0.297. The van der Waals surface area contributed by atoms with E-state index >= 15 is 0 Å². The molecular weight excluding hydrogens is 226 g/mol. The highest BCUT2D eigenvalue weighted by Gasteiger charge is 2.09. The van der Waals surface area contributed by atoms with Gasteiger partial charge in [0.25, 0.3) is 0 Å². The molecule has 0 unspecified atom stereocenters. The van der Waals surface area contributed by atoms with Crippen molar-refractivity contribution in [3.8, 4) is 17.0 Å². The van der Waals surface area contributed by atoms with Gasteiger partial charge in [-0.15, -0.1) is 0 Å². The lowest BCUT2D eigenvalue weighted by atomic mass is 10.0. The maximum Gasteiger partial charge on any atom is 0.155 e. The van der Waals surface area contributed by atoms with E-state index in [4.69, 9.17) is 0 Å². The van der Waals surface area contributed by atoms with E-state index in [9.17, 15) is 5.11 Å². The lowest BCUT2D eigenvalue weighted by Crippen LogP contribution is -1.92. The fourth-order valence-electron chi connectivity index (χ4n) is 2.16. The van der Waals surface area contributed by atoms with E-state index in [1.54, 1.807) is 24.5 Å². The summed E-state index contributed by atoms with van der Waals surface area (Å²) < 4.78 is 2.00. The second-order valence-corrected chi connectivity index (χ2v) is 4.14. The van der Waals surface area contributed by atoms with Crippen LogP contribution >= 0.6 is 0 Å². The Morgan fingerprint density at radius 1 is 1.28 bits per heavy atom. The van der Waals surface area contributed by atoms with E-state index in [2.05, 4.69) is 16.9 Å². The minimum Gasteiger partial charge on any atom is -0.508 e. The van der Waals surface area contributed by atoms with Crippen molar-refractivity contribution in [3.63, 3.8) is 0 Å². The van der Waals surface area contributed by atoms with Crippen molar-refractivity contribution in [2.75, 3.05) is 0 Å². The standard InChI is InChI=1S/C14H13N3O/c1-2-10-7-11(18)3-4-12(10)13-8-16-14-9-15-5-6-17(13)14/h3-9,18H,2H2,1H3. The fourth-order valence-corrected chi connectivity index (χ4v) is 2.16. The van der Waals surface area contributed by atoms with Crippen molar-refractivity contribution in [1.82, 2.24) is 14.4 Å². The van der Waals surface area contributed by atoms with Crippen LogP contribution in [0.1, 0.15) is 12.5 Å². The fraction of sp³-hybridized carbons (Fsp3) is 0.143. The molecule has 0 aliphatic rings. The summed E-state index contributed by atoms with van der Waals surface area (Å²) >= 11 is 0. The summed E-state index contributed by atoms with van der Waals surface area (Å²) in [4.78, 5) is 8.38. The van der Waals surface area contributed by atoms with E-state index in [1.165, 1.54) is 0 Å². The molecule has 4 heteroatoms. The van der Waals surface area contributed by atoms with Crippen molar-refractivity contribution < 1.29 is 5.11 Å². The van der Waals surface area contributed by atoms with Gasteiger partial charge in [0, 0.05) is 18.0 Å². The molecule has 0 fully saturated rings. The van der Waals surface area contributed by atoms with Gasteiger partial charge in [0.2, 0.25) is 0 Å². The third-order valence-electron chi connectivity index (χ3n) is 3.06. The summed E-state index contributed by atoms with van der Waals surface area (Å²) in [5.41, 5.74) is 4.04. The van der Waals surface area contributed by atoms with Crippen LogP contribution in [0.25, 0.3) is 16.9 Å². The first-order valence-corrected chi connectivity index (χ1v) is 5.89. The molecule has 0 amide bonds. The number of aryl methyl sites for hydroxylation is 1. The van der Waals surface area contributed by atoms with E-state index in [-0.39, 0.29) is 0 Å². The smallest absolute Gasteiger partial charge is 0.155 e. The second-order valence-electron chi connectivity index (χ2n) is 4.14. The molecule has 3 rings (SSSR count). The van der Waals surface area contributed by atoms with Gasteiger partial charge < -0.3 is 5.11 Å². The minimum atomic E-state index is 0.297. The van der Waals surface area contributed by atoms with Gasteiger partial charge in [-0.3, -0.25) is 9.38 Å². The Kier molecular flexibility index (Phi) is 2.48. The Balaban J connectivity index is 2.26. The van der Waals surface area contributed by atoms with Crippen molar-refractivity contribution in [3.05, 3.63) is 48.5 Å². The number of phenolic OH excluding ortho intramolecular Hbond substituents is 1. The van der Waals surface area contributed by atoms with E-state index in [1.807, 2.05) is 22.9 Å². The number of aromatic nitrogens is 3. The molecule has 0 atom stereocenters. The van der Waals surface area contributed by atoms with Crippen LogP contribution in [0.4, 0.5) is 0 Å². The molecule has 1 N–H and O–H groups in total. The van der Waals surface area contributed by atoms with Gasteiger partial charge in [0.1, 0.15) is 5.75 Å². The number of rotatable bonds is 2. The number of hydrogen-bond donors (Lipinski definition) is 1. The number of fused-ring (bicyclic) bond motifs is 1. The molecule has 0 bridgehead atoms. The van der Waals surface area contributed by atoms with Crippen LogP contribution in [0.2, 0.25) is 0 Å². The normalized spacial score (nSPS) is 10.9. The Hall–Kier alpha value is -2.36. The second kappa shape index (κ2) is 4.14. The summed E-state index contributed by atoms with van der Waals surface area (Å²) in [7, 11) is 0. The number of aromatic hydroxyl groups is 1. The van der Waals surface area contributed by atoms with Crippen LogP contribution in [-0.4, -0.2) is 19.5 Å². The SMILES string of the molecule is CCc1cc(O)ccc1-c1cnc2cnccn12. The number of imidazole rings is 1. The van der Waals surface area contributed by atoms with Crippen LogP contribution < -0.4 is 0 Å². The molecule has 1 aromatic carbocycles. The molecule has 3 aromatic rings. The van der Waals surface area contributed by atoms with Crippen LogP contribution in [0.3, 0.4) is 0 Å². The van der Waals surface area contributed by atoms with Gasteiger partial charge in [-0.2, -0.15) is 0 Å². The summed E-state index contributed by atoms with van der Waals surface area (Å²) in [5, 5.41) is 9.55. The summed E-state index contributed by atoms with van der Waals surface area (Å²) in [6.45, 7) is 2.07. The van der Waals surface area contributed by atoms with Crippen LogP contribution in [0.15, 0.2) is 43.0 Å². The zero-order chi connectivity index (χ0) is 12.5. The third-order valence-corrected chi connectivity index (χ3v) is 3.06. The molecule has 90 valence electrons.